The third-order valence-electron chi connectivity index (χ3n) is 4.89. The van der Waals surface area contributed by atoms with E-state index in [0.29, 0.717) is 43.2 Å². The number of halogens is 1. The van der Waals surface area contributed by atoms with E-state index in [2.05, 4.69) is 5.32 Å². The fourth-order valence-electron chi connectivity index (χ4n) is 3.55. The van der Waals surface area contributed by atoms with E-state index in [1.54, 1.807) is 32.4 Å². The number of methoxy groups -OCH3 is 2. The molecule has 7 nitrogen and oxygen atoms in total. The summed E-state index contributed by atoms with van der Waals surface area (Å²) in [6.45, 7) is 3.17. The van der Waals surface area contributed by atoms with Crippen molar-refractivity contribution in [3.05, 3.63) is 23.8 Å². The summed E-state index contributed by atoms with van der Waals surface area (Å²) in [7, 11) is 3.12. The zero-order chi connectivity index (χ0) is 17.8. The Labute approximate surface area is 160 Å². The molecule has 0 bridgehead atoms. The Morgan fingerprint density at radius 2 is 2.04 bits per heavy atom. The van der Waals surface area contributed by atoms with Gasteiger partial charge in [-0.2, -0.15) is 0 Å². The average molecular weight is 384 g/mol. The Morgan fingerprint density at radius 3 is 2.73 bits per heavy atom. The molecule has 0 radical (unpaired) electrons. The molecular weight excluding hydrogens is 358 g/mol. The number of carbonyl (C=O) groups is 2. The largest absolute Gasteiger partial charge is 0.497 e. The topological polar surface area (TPSA) is 71.1 Å². The first-order chi connectivity index (χ1) is 12.1. The van der Waals surface area contributed by atoms with E-state index in [1.807, 2.05) is 9.80 Å². The van der Waals surface area contributed by atoms with Crippen molar-refractivity contribution < 1.29 is 19.1 Å². The third kappa shape index (κ3) is 4.22. The van der Waals surface area contributed by atoms with Crippen LogP contribution in [0.3, 0.4) is 0 Å². The van der Waals surface area contributed by atoms with Crippen LogP contribution in [-0.2, 0) is 4.79 Å². The zero-order valence-electron chi connectivity index (χ0n) is 15.2. The van der Waals surface area contributed by atoms with Crippen molar-refractivity contribution in [2.75, 3.05) is 46.9 Å². The van der Waals surface area contributed by atoms with Crippen LogP contribution in [0.4, 0.5) is 0 Å². The van der Waals surface area contributed by atoms with Gasteiger partial charge >= 0.3 is 0 Å². The van der Waals surface area contributed by atoms with Gasteiger partial charge in [-0.05, 0) is 25.0 Å². The maximum absolute atomic E-state index is 13.0. The van der Waals surface area contributed by atoms with Crippen LogP contribution in [0.25, 0.3) is 0 Å². The van der Waals surface area contributed by atoms with Crippen LogP contribution < -0.4 is 14.8 Å². The van der Waals surface area contributed by atoms with Gasteiger partial charge in [-0.3, -0.25) is 9.59 Å². The molecule has 0 aliphatic carbocycles. The molecule has 1 aromatic carbocycles. The van der Waals surface area contributed by atoms with E-state index in [-0.39, 0.29) is 30.3 Å². The number of carbonyl (C=O) groups excluding carboxylic acids is 2. The lowest BCUT2D eigenvalue weighted by Gasteiger charge is -2.41. The van der Waals surface area contributed by atoms with Gasteiger partial charge in [0.05, 0.1) is 26.3 Å². The summed E-state index contributed by atoms with van der Waals surface area (Å²) in [5.41, 5.74) is 0.524. The monoisotopic (exact) mass is 383 g/mol. The number of rotatable bonds is 4. The van der Waals surface area contributed by atoms with Crippen LogP contribution in [0.15, 0.2) is 18.2 Å². The highest BCUT2D eigenvalue weighted by molar-refractivity contribution is 5.97. The number of ether oxygens (including phenoxy) is 2. The van der Waals surface area contributed by atoms with Crippen molar-refractivity contribution in [2.45, 2.75) is 18.9 Å². The third-order valence-corrected chi connectivity index (χ3v) is 4.89. The van der Waals surface area contributed by atoms with Crippen molar-refractivity contribution in [1.82, 2.24) is 15.1 Å². The molecule has 8 heteroatoms. The van der Waals surface area contributed by atoms with E-state index in [4.69, 9.17) is 9.47 Å². The number of hydrogen-bond acceptors (Lipinski definition) is 5. The van der Waals surface area contributed by atoms with Gasteiger partial charge in [0.15, 0.2) is 0 Å². The number of amides is 2. The normalized spacial score (nSPS) is 20.4. The fourth-order valence-corrected chi connectivity index (χ4v) is 3.55. The number of likely N-dealkylation sites (tertiary alicyclic amines) is 1. The summed E-state index contributed by atoms with van der Waals surface area (Å²) in [4.78, 5) is 28.9. The SMILES string of the molecule is COc1ccc(C(=O)N2CCCC(N3CCNCC3=O)C2)c(OC)c1.Cl. The number of piperidine rings is 1. The molecule has 1 N–H and O–H groups in total. The summed E-state index contributed by atoms with van der Waals surface area (Å²) in [5.74, 6) is 1.21. The summed E-state index contributed by atoms with van der Waals surface area (Å²) in [6, 6.07) is 5.31. The van der Waals surface area contributed by atoms with Gasteiger partial charge in [-0.15, -0.1) is 12.4 Å². The van der Waals surface area contributed by atoms with Crippen LogP contribution in [0.5, 0.6) is 11.5 Å². The zero-order valence-corrected chi connectivity index (χ0v) is 16.0. The molecule has 26 heavy (non-hydrogen) atoms. The van der Waals surface area contributed by atoms with Gasteiger partial charge in [0, 0.05) is 38.3 Å². The molecule has 0 aromatic heterocycles. The van der Waals surface area contributed by atoms with E-state index in [1.165, 1.54) is 0 Å². The van der Waals surface area contributed by atoms with Gasteiger partial charge < -0.3 is 24.6 Å². The fraction of sp³-hybridized carbons (Fsp3) is 0.556. The first-order valence-electron chi connectivity index (χ1n) is 8.65. The van der Waals surface area contributed by atoms with Gasteiger partial charge in [0.2, 0.25) is 5.91 Å². The molecule has 1 atom stereocenters. The van der Waals surface area contributed by atoms with Crippen LogP contribution in [0.1, 0.15) is 23.2 Å². The number of nitrogens with one attached hydrogen (secondary N) is 1. The van der Waals surface area contributed by atoms with E-state index >= 15 is 0 Å². The van der Waals surface area contributed by atoms with Crippen LogP contribution in [0, 0.1) is 0 Å². The summed E-state index contributed by atoms with van der Waals surface area (Å²) in [5, 5.41) is 3.09. The van der Waals surface area contributed by atoms with E-state index in [0.717, 1.165) is 19.4 Å². The minimum atomic E-state index is -0.0632. The van der Waals surface area contributed by atoms with Crippen LogP contribution in [-0.4, -0.2) is 74.6 Å². The second-order valence-electron chi connectivity index (χ2n) is 6.38. The molecule has 2 saturated heterocycles. The Bertz CT molecular complexity index is 655. The Kier molecular flexibility index (Phi) is 7.11. The highest BCUT2D eigenvalue weighted by atomic mass is 35.5. The second-order valence-corrected chi connectivity index (χ2v) is 6.38. The number of hydrogen-bond donors (Lipinski definition) is 1. The van der Waals surface area contributed by atoms with Crippen molar-refractivity contribution >= 4 is 24.2 Å². The Balaban J connectivity index is 0.00000243. The van der Waals surface area contributed by atoms with Crippen molar-refractivity contribution in [3.8, 4) is 11.5 Å². The van der Waals surface area contributed by atoms with Gasteiger partial charge in [0.1, 0.15) is 11.5 Å². The van der Waals surface area contributed by atoms with Crippen molar-refractivity contribution in [1.29, 1.82) is 0 Å². The summed E-state index contributed by atoms with van der Waals surface area (Å²) in [6.07, 6.45) is 1.83. The molecular formula is C18H26ClN3O4. The van der Waals surface area contributed by atoms with E-state index in [9.17, 15) is 9.59 Å². The molecule has 2 heterocycles. The lowest BCUT2D eigenvalue weighted by Crippen LogP contribution is -2.57. The maximum Gasteiger partial charge on any atom is 0.257 e. The van der Waals surface area contributed by atoms with Crippen molar-refractivity contribution in [2.24, 2.45) is 0 Å². The molecule has 1 unspecified atom stereocenters. The van der Waals surface area contributed by atoms with Gasteiger partial charge in [0.25, 0.3) is 5.91 Å². The van der Waals surface area contributed by atoms with Gasteiger partial charge in [-0.25, -0.2) is 0 Å². The van der Waals surface area contributed by atoms with Crippen LogP contribution >= 0.6 is 12.4 Å². The highest BCUT2D eigenvalue weighted by Crippen LogP contribution is 2.27. The minimum Gasteiger partial charge on any atom is -0.497 e. The van der Waals surface area contributed by atoms with Crippen molar-refractivity contribution in [3.63, 3.8) is 0 Å². The van der Waals surface area contributed by atoms with Crippen LogP contribution in [0.2, 0.25) is 0 Å². The number of piperazine rings is 1. The number of nitrogens with zero attached hydrogens (tertiary/aromatic N) is 2. The Hall–Kier alpha value is -1.99. The molecule has 0 saturated carbocycles. The maximum atomic E-state index is 13.0. The lowest BCUT2D eigenvalue weighted by atomic mass is 10.0. The number of benzene rings is 1. The molecule has 3 rings (SSSR count). The Morgan fingerprint density at radius 1 is 1.23 bits per heavy atom. The van der Waals surface area contributed by atoms with Gasteiger partial charge in [-0.1, -0.05) is 0 Å². The molecule has 144 valence electrons. The second kappa shape index (κ2) is 9.09. The first kappa shape index (κ1) is 20.3. The molecule has 1 aromatic rings. The summed E-state index contributed by atoms with van der Waals surface area (Å²) < 4.78 is 10.5. The predicted molar refractivity (Wildman–Crippen MR) is 100 cm³/mol. The molecule has 0 spiro atoms. The average Bonchev–Trinajstić information content (AvgIpc) is 2.67. The minimum absolute atomic E-state index is 0. The quantitative estimate of drug-likeness (QED) is 0.844. The lowest BCUT2D eigenvalue weighted by molar-refractivity contribution is -0.135. The standard InChI is InChI=1S/C18H25N3O4.ClH/c1-24-14-5-6-15(16(10-14)25-2)18(23)20-8-3-4-13(12-20)21-9-7-19-11-17(21)22;/h5-6,10,13,19H,3-4,7-9,11-12H2,1-2H3;1H. The highest BCUT2D eigenvalue weighted by Gasteiger charge is 2.32. The predicted octanol–water partition coefficient (Wildman–Crippen LogP) is 1.16. The van der Waals surface area contributed by atoms with E-state index < -0.39 is 0 Å². The molecule has 2 amide bonds. The molecule has 2 aliphatic rings. The smallest absolute Gasteiger partial charge is 0.257 e. The summed E-state index contributed by atoms with van der Waals surface area (Å²) >= 11 is 0. The molecule has 2 aliphatic heterocycles. The molecule has 2 fully saturated rings. The first-order valence-corrected chi connectivity index (χ1v) is 8.65.